The molecule has 0 radical (unpaired) electrons. The Morgan fingerprint density at radius 3 is 2.63 bits per heavy atom. The van der Waals surface area contributed by atoms with E-state index in [0.29, 0.717) is 17.1 Å². The highest BCUT2D eigenvalue weighted by atomic mass is 32.2. The number of hydrogen-bond acceptors (Lipinski definition) is 8. The van der Waals surface area contributed by atoms with Gasteiger partial charge in [0, 0.05) is 0 Å². The number of benzene rings is 1. The minimum Gasteiger partial charge on any atom is -0.493 e. The molecule has 1 heterocycles. The molecule has 3 amide bonds. The minimum atomic E-state index is -0.654. The second kappa shape index (κ2) is 9.08. The molecular weight excluding hydrogens is 376 g/mol. The van der Waals surface area contributed by atoms with Crippen LogP contribution in [0.3, 0.4) is 0 Å². The van der Waals surface area contributed by atoms with Crippen molar-refractivity contribution in [2.45, 2.75) is 6.92 Å². The summed E-state index contributed by atoms with van der Waals surface area (Å²) in [6, 6.07) is 4.75. The first-order valence-corrected chi connectivity index (χ1v) is 8.67. The number of nitrogens with zero attached hydrogens (tertiary/aromatic N) is 1. The SMILES string of the molecule is CCOC(=O)CN1C(=O)S/C(=C/c2ccc(OCC(N)=O)c(OC)c2)C1=O. The van der Waals surface area contributed by atoms with Crippen LogP contribution in [0.1, 0.15) is 12.5 Å². The van der Waals surface area contributed by atoms with Crippen molar-refractivity contribution < 1.29 is 33.4 Å². The number of thioether (sulfide) groups is 1. The summed E-state index contributed by atoms with van der Waals surface area (Å²) in [4.78, 5) is 47.7. The molecule has 0 bridgehead atoms. The number of ether oxygens (including phenoxy) is 3. The van der Waals surface area contributed by atoms with Gasteiger partial charge in [0.05, 0.1) is 18.6 Å². The predicted octanol–water partition coefficient (Wildman–Crippen LogP) is 1.16. The molecule has 0 atom stereocenters. The molecule has 1 aliphatic heterocycles. The highest BCUT2D eigenvalue weighted by molar-refractivity contribution is 8.18. The van der Waals surface area contributed by atoms with Gasteiger partial charge in [-0.3, -0.25) is 24.1 Å². The number of rotatable bonds is 8. The zero-order valence-corrected chi connectivity index (χ0v) is 15.5. The normalized spacial score (nSPS) is 15.2. The van der Waals surface area contributed by atoms with Crippen molar-refractivity contribution in [3.05, 3.63) is 28.7 Å². The van der Waals surface area contributed by atoms with E-state index in [2.05, 4.69) is 0 Å². The molecule has 0 saturated carbocycles. The molecule has 0 aliphatic carbocycles. The van der Waals surface area contributed by atoms with E-state index < -0.39 is 29.6 Å². The average Bonchev–Trinajstić information content (AvgIpc) is 2.88. The number of methoxy groups -OCH3 is 1. The van der Waals surface area contributed by atoms with Crippen LogP contribution in [-0.4, -0.2) is 54.8 Å². The van der Waals surface area contributed by atoms with Crippen LogP contribution in [0.2, 0.25) is 0 Å². The second-order valence-corrected chi connectivity index (χ2v) is 6.23. The number of carbonyl (C=O) groups excluding carboxylic acids is 4. The molecule has 1 aromatic carbocycles. The maximum Gasteiger partial charge on any atom is 0.326 e. The summed E-state index contributed by atoms with van der Waals surface area (Å²) in [7, 11) is 1.42. The van der Waals surface area contributed by atoms with Gasteiger partial charge in [0.2, 0.25) is 0 Å². The predicted molar refractivity (Wildman–Crippen MR) is 97.0 cm³/mol. The monoisotopic (exact) mass is 394 g/mol. The van der Waals surface area contributed by atoms with Gasteiger partial charge in [-0.25, -0.2) is 0 Å². The van der Waals surface area contributed by atoms with E-state index in [9.17, 15) is 19.2 Å². The molecule has 2 rings (SSSR count). The smallest absolute Gasteiger partial charge is 0.326 e. The summed E-state index contributed by atoms with van der Waals surface area (Å²) in [5.41, 5.74) is 5.61. The Labute approximate surface area is 159 Å². The van der Waals surface area contributed by atoms with Gasteiger partial charge in [-0.2, -0.15) is 0 Å². The number of primary amides is 1. The largest absolute Gasteiger partial charge is 0.493 e. The van der Waals surface area contributed by atoms with Crippen LogP contribution in [0, 0.1) is 0 Å². The topological polar surface area (TPSA) is 125 Å². The van der Waals surface area contributed by atoms with Crippen molar-refractivity contribution in [1.82, 2.24) is 4.90 Å². The molecular formula is C17H18N2O7S. The van der Waals surface area contributed by atoms with E-state index in [-0.39, 0.29) is 18.1 Å². The quantitative estimate of drug-likeness (QED) is 0.514. The molecule has 0 spiro atoms. The number of nitrogens with two attached hydrogens (primary N) is 1. The second-order valence-electron chi connectivity index (χ2n) is 5.24. The lowest BCUT2D eigenvalue weighted by Crippen LogP contribution is -2.34. The van der Waals surface area contributed by atoms with Crippen LogP contribution in [0.15, 0.2) is 23.1 Å². The summed E-state index contributed by atoms with van der Waals surface area (Å²) in [5.74, 6) is -1.22. The van der Waals surface area contributed by atoms with Crippen LogP contribution >= 0.6 is 11.8 Å². The molecule has 1 aromatic rings. The third-order valence-electron chi connectivity index (χ3n) is 3.32. The van der Waals surface area contributed by atoms with Crippen LogP contribution in [0.5, 0.6) is 11.5 Å². The fraction of sp³-hybridized carbons (Fsp3) is 0.294. The highest BCUT2D eigenvalue weighted by Crippen LogP contribution is 2.34. The minimum absolute atomic E-state index is 0.162. The van der Waals surface area contributed by atoms with Crippen molar-refractivity contribution >= 4 is 40.9 Å². The van der Waals surface area contributed by atoms with Crippen molar-refractivity contribution in [1.29, 1.82) is 0 Å². The first-order valence-electron chi connectivity index (χ1n) is 7.85. The lowest BCUT2D eigenvalue weighted by molar-refractivity contribution is -0.146. The number of hydrogen-bond donors (Lipinski definition) is 1. The van der Waals surface area contributed by atoms with Crippen molar-refractivity contribution in [2.75, 3.05) is 26.9 Å². The van der Waals surface area contributed by atoms with Gasteiger partial charge >= 0.3 is 5.97 Å². The van der Waals surface area contributed by atoms with E-state index in [0.717, 1.165) is 16.7 Å². The average molecular weight is 394 g/mol. The fourth-order valence-electron chi connectivity index (χ4n) is 2.17. The van der Waals surface area contributed by atoms with Crippen molar-refractivity contribution in [3.63, 3.8) is 0 Å². The number of esters is 1. The van der Waals surface area contributed by atoms with E-state index in [1.54, 1.807) is 25.1 Å². The molecule has 0 aromatic heterocycles. The molecule has 144 valence electrons. The van der Waals surface area contributed by atoms with Gasteiger partial charge in [-0.15, -0.1) is 0 Å². The molecule has 27 heavy (non-hydrogen) atoms. The Kier molecular flexibility index (Phi) is 6.83. The Balaban J connectivity index is 2.18. The highest BCUT2D eigenvalue weighted by Gasteiger charge is 2.36. The zero-order chi connectivity index (χ0) is 20.0. The molecule has 1 aliphatic rings. The van der Waals surface area contributed by atoms with Gasteiger partial charge in [0.25, 0.3) is 17.1 Å². The Hall–Kier alpha value is -3.01. The molecule has 9 nitrogen and oxygen atoms in total. The van der Waals surface area contributed by atoms with E-state index in [1.807, 2.05) is 0 Å². The van der Waals surface area contributed by atoms with Gasteiger partial charge in [0.1, 0.15) is 6.54 Å². The lowest BCUT2D eigenvalue weighted by atomic mass is 10.2. The third kappa shape index (κ3) is 5.23. The van der Waals surface area contributed by atoms with E-state index in [1.165, 1.54) is 13.2 Å². The Morgan fingerprint density at radius 1 is 1.26 bits per heavy atom. The zero-order valence-electron chi connectivity index (χ0n) is 14.7. The standard InChI is InChI=1S/C17H18N2O7S/c1-3-25-15(21)8-19-16(22)13(27-17(19)23)7-10-4-5-11(12(6-10)24-2)26-9-14(18)20/h4-7H,3,8-9H2,1-2H3,(H2,18,20)/b13-7+. The van der Waals surface area contributed by atoms with Crippen LogP contribution in [0.25, 0.3) is 6.08 Å². The summed E-state index contributed by atoms with van der Waals surface area (Å²) in [6.07, 6.45) is 1.50. The first kappa shape index (κ1) is 20.3. The van der Waals surface area contributed by atoms with E-state index >= 15 is 0 Å². The number of carbonyl (C=O) groups is 4. The maximum atomic E-state index is 12.4. The number of amides is 3. The van der Waals surface area contributed by atoms with Crippen LogP contribution in [-0.2, 0) is 19.1 Å². The van der Waals surface area contributed by atoms with Gasteiger partial charge in [0.15, 0.2) is 18.1 Å². The maximum absolute atomic E-state index is 12.4. The Bertz CT molecular complexity index is 806. The molecule has 10 heteroatoms. The summed E-state index contributed by atoms with van der Waals surface area (Å²) in [6.45, 7) is 1.06. The van der Waals surface area contributed by atoms with Crippen molar-refractivity contribution in [2.24, 2.45) is 5.73 Å². The summed E-state index contributed by atoms with van der Waals surface area (Å²) in [5, 5.41) is -0.548. The lowest BCUT2D eigenvalue weighted by Gasteiger charge is -2.11. The summed E-state index contributed by atoms with van der Waals surface area (Å²) < 4.78 is 15.2. The van der Waals surface area contributed by atoms with Crippen LogP contribution in [0.4, 0.5) is 4.79 Å². The Morgan fingerprint density at radius 2 is 2.00 bits per heavy atom. The van der Waals surface area contributed by atoms with Gasteiger partial charge < -0.3 is 19.9 Å². The fourth-order valence-corrected chi connectivity index (χ4v) is 3.00. The van der Waals surface area contributed by atoms with Crippen LogP contribution < -0.4 is 15.2 Å². The van der Waals surface area contributed by atoms with E-state index in [4.69, 9.17) is 19.9 Å². The molecule has 0 unspecified atom stereocenters. The molecule has 2 N–H and O–H groups in total. The van der Waals surface area contributed by atoms with Crippen molar-refractivity contribution in [3.8, 4) is 11.5 Å². The molecule has 1 saturated heterocycles. The van der Waals surface area contributed by atoms with Gasteiger partial charge in [-0.05, 0) is 42.5 Å². The first-order chi connectivity index (χ1) is 12.8. The number of imide groups is 1. The molecule has 1 fully saturated rings. The van der Waals surface area contributed by atoms with Gasteiger partial charge in [-0.1, -0.05) is 6.07 Å². The third-order valence-corrected chi connectivity index (χ3v) is 4.23. The summed E-state index contributed by atoms with van der Waals surface area (Å²) >= 11 is 0.726.